The van der Waals surface area contributed by atoms with E-state index in [1.165, 1.54) is 10.6 Å². The van der Waals surface area contributed by atoms with Crippen molar-refractivity contribution in [2.75, 3.05) is 0 Å². The first kappa shape index (κ1) is 12.3. The van der Waals surface area contributed by atoms with Gasteiger partial charge in [0.05, 0.1) is 18.9 Å². The van der Waals surface area contributed by atoms with Crippen molar-refractivity contribution in [3.8, 4) is 0 Å². The highest BCUT2D eigenvalue weighted by Crippen LogP contribution is 2.13. The molecule has 9 heteroatoms. The number of hydrogen-bond donors (Lipinski definition) is 0. The Hall–Kier alpha value is -2.42. The van der Waals surface area contributed by atoms with E-state index in [0.717, 1.165) is 5.56 Å². The van der Waals surface area contributed by atoms with Crippen molar-refractivity contribution in [3.05, 3.63) is 46.8 Å². The van der Waals surface area contributed by atoms with Gasteiger partial charge in [0.1, 0.15) is 10.3 Å². The SMILES string of the molecule is Fc1cnc2ccc(Cn3nnc4ncc(Br)nc43)cn12. The number of hydrogen-bond acceptors (Lipinski definition) is 5. The number of fused-ring (bicyclic) bond motifs is 2. The minimum atomic E-state index is -0.405. The molecule has 7 nitrogen and oxygen atoms in total. The van der Waals surface area contributed by atoms with Gasteiger partial charge in [0.15, 0.2) is 5.65 Å². The zero-order chi connectivity index (χ0) is 14.4. The maximum absolute atomic E-state index is 13.5. The van der Waals surface area contributed by atoms with Gasteiger partial charge in [-0.05, 0) is 27.6 Å². The van der Waals surface area contributed by atoms with Crippen LogP contribution in [0.25, 0.3) is 16.9 Å². The summed E-state index contributed by atoms with van der Waals surface area (Å²) >= 11 is 3.27. The summed E-state index contributed by atoms with van der Waals surface area (Å²) in [5, 5.41) is 7.98. The molecule has 0 aliphatic heterocycles. The van der Waals surface area contributed by atoms with E-state index in [1.807, 2.05) is 6.07 Å². The standard InChI is InChI=1S/C12H7BrFN7/c13-8-3-16-11-12(17-8)21(19-18-11)6-7-1-2-10-15-4-9(14)20(10)5-7/h1-5H,6H2. The molecule has 0 aromatic carbocycles. The van der Waals surface area contributed by atoms with Crippen LogP contribution >= 0.6 is 15.9 Å². The Balaban J connectivity index is 1.78. The van der Waals surface area contributed by atoms with E-state index < -0.39 is 5.95 Å². The van der Waals surface area contributed by atoms with Crippen LogP contribution in [0.4, 0.5) is 4.39 Å². The van der Waals surface area contributed by atoms with Crippen LogP contribution in [0.15, 0.2) is 35.3 Å². The second-order valence-corrected chi connectivity index (χ2v) is 5.25. The highest BCUT2D eigenvalue weighted by Gasteiger charge is 2.09. The largest absolute Gasteiger partial charge is 0.276 e. The second kappa shape index (κ2) is 4.55. The van der Waals surface area contributed by atoms with Crippen LogP contribution in [0.2, 0.25) is 0 Å². The fourth-order valence-corrected chi connectivity index (χ4v) is 2.37. The van der Waals surface area contributed by atoms with Crippen molar-refractivity contribution in [1.29, 1.82) is 0 Å². The third-order valence-corrected chi connectivity index (χ3v) is 3.43. The van der Waals surface area contributed by atoms with Crippen LogP contribution in [-0.4, -0.2) is 34.3 Å². The van der Waals surface area contributed by atoms with Gasteiger partial charge in [0, 0.05) is 6.20 Å². The fraction of sp³-hybridized carbons (Fsp3) is 0.0833. The van der Waals surface area contributed by atoms with Crippen molar-refractivity contribution in [1.82, 2.24) is 34.3 Å². The van der Waals surface area contributed by atoms with Crippen LogP contribution in [0.5, 0.6) is 0 Å². The van der Waals surface area contributed by atoms with E-state index in [0.29, 0.717) is 28.1 Å². The molecular weight excluding hydrogens is 341 g/mol. The molecule has 0 aliphatic carbocycles. The quantitative estimate of drug-likeness (QED) is 0.553. The van der Waals surface area contributed by atoms with Gasteiger partial charge in [0.2, 0.25) is 11.6 Å². The van der Waals surface area contributed by atoms with Gasteiger partial charge >= 0.3 is 0 Å². The molecule has 4 aromatic heterocycles. The zero-order valence-electron chi connectivity index (χ0n) is 10.5. The van der Waals surface area contributed by atoms with Crippen LogP contribution in [0, 0.1) is 5.95 Å². The number of rotatable bonds is 2. The summed E-state index contributed by atoms with van der Waals surface area (Å²) in [6.07, 6.45) is 4.43. The van der Waals surface area contributed by atoms with Crippen molar-refractivity contribution < 1.29 is 4.39 Å². The van der Waals surface area contributed by atoms with Gasteiger partial charge < -0.3 is 0 Å². The molecule has 4 aromatic rings. The van der Waals surface area contributed by atoms with E-state index in [9.17, 15) is 4.39 Å². The molecular formula is C12H7BrFN7. The van der Waals surface area contributed by atoms with E-state index >= 15 is 0 Å². The summed E-state index contributed by atoms with van der Waals surface area (Å²) in [7, 11) is 0. The van der Waals surface area contributed by atoms with Crippen molar-refractivity contribution in [2.45, 2.75) is 6.54 Å². The second-order valence-electron chi connectivity index (χ2n) is 4.43. The summed E-state index contributed by atoms with van der Waals surface area (Å²) in [6, 6.07) is 3.61. The molecule has 21 heavy (non-hydrogen) atoms. The van der Waals surface area contributed by atoms with Gasteiger partial charge in [-0.15, -0.1) is 5.10 Å². The Kier molecular flexibility index (Phi) is 2.67. The van der Waals surface area contributed by atoms with Crippen molar-refractivity contribution in [3.63, 3.8) is 0 Å². The Morgan fingerprint density at radius 3 is 3.00 bits per heavy atom. The normalized spacial score (nSPS) is 11.5. The molecule has 0 atom stereocenters. The molecule has 0 unspecified atom stereocenters. The molecule has 0 radical (unpaired) electrons. The third-order valence-electron chi connectivity index (χ3n) is 3.05. The number of aromatic nitrogens is 7. The van der Waals surface area contributed by atoms with Crippen molar-refractivity contribution >= 4 is 32.9 Å². The summed E-state index contributed by atoms with van der Waals surface area (Å²) < 4.78 is 17.2. The molecule has 0 spiro atoms. The Labute approximate surface area is 125 Å². The molecule has 0 fully saturated rings. The van der Waals surface area contributed by atoms with Crippen LogP contribution in [-0.2, 0) is 6.54 Å². The Morgan fingerprint density at radius 2 is 2.10 bits per heavy atom. The Morgan fingerprint density at radius 1 is 1.19 bits per heavy atom. The smallest absolute Gasteiger partial charge is 0.221 e. The highest BCUT2D eigenvalue weighted by molar-refractivity contribution is 9.10. The van der Waals surface area contributed by atoms with Gasteiger partial charge in [0.25, 0.3) is 0 Å². The number of imidazole rings is 1. The van der Waals surface area contributed by atoms with E-state index in [2.05, 4.69) is 41.2 Å². The molecule has 0 amide bonds. The maximum Gasteiger partial charge on any atom is 0.221 e. The first-order chi connectivity index (χ1) is 10.2. The van der Waals surface area contributed by atoms with Crippen LogP contribution in [0.3, 0.4) is 0 Å². The van der Waals surface area contributed by atoms with Gasteiger partial charge in [-0.1, -0.05) is 11.3 Å². The number of nitrogens with zero attached hydrogens (tertiary/aromatic N) is 7. The van der Waals surface area contributed by atoms with Crippen LogP contribution in [0.1, 0.15) is 5.56 Å². The first-order valence-corrected chi connectivity index (χ1v) is 6.83. The monoisotopic (exact) mass is 347 g/mol. The van der Waals surface area contributed by atoms with Gasteiger partial charge in [-0.3, -0.25) is 4.40 Å². The third kappa shape index (κ3) is 2.05. The molecule has 4 rings (SSSR count). The topological polar surface area (TPSA) is 73.8 Å². The minimum Gasteiger partial charge on any atom is -0.276 e. The first-order valence-electron chi connectivity index (χ1n) is 6.04. The molecule has 4 heterocycles. The Bertz CT molecular complexity index is 961. The molecule has 104 valence electrons. The average molecular weight is 348 g/mol. The minimum absolute atomic E-state index is 0.405. The lowest BCUT2D eigenvalue weighted by atomic mass is 10.3. The maximum atomic E-state index is 13.5. The van der Waals surface area contributed by atoms with E-state index in [4.69, 9.17) is 0 Å². The summed E-state index contributed by atoms with van der Waals surface area (Å²) in [4.78, 5) is 12.4. The summed E-state index contributed by atoms with van der Waals surface area (Å²) in [5.41, 5.74) is 2.44. The molecule has 0 saturated carbocycles. The number of halogens is 2. The predicted molar refractivity (Wildman–Crippen MR) is 75.1 cm³/mol. The molecule has 0 bridgehead atoms. The fourth-order valence-electron chi connectivity index (χ4n) is 2.10. The van der Waals surface area contributed by atoms with Gasteiger partial charge in [-0.2, -0.15) is 4.39 Å². The number of pyridine rings is 1. The average Bonchev–Trinajstić information content (AvgIpc) is 3.04. The van der Waals surface area contributed by atoms with E-state index in [1.54, 1.807) is 23.1 Å². The summed E-state index contributed by atoms with van der Waals surface area (Å²) in [6.45, 7) is 0.412. The zero-order valence-corrected chi connectivity index (χ0v) is 12.1. The van der Waals surface area contributed by atoms with E-state index in [-0.39, 0.29) is 0 Å². The lowest BCUT2D eigenvalue weighted by Crippen LogP contribution is -2.04. The molecule has 0 N–H and O–H groups in total. The lowest BCUT2D eigenvalue weighted by Gasteiger charge is -2.03. The predicted octanol–water partition coefficient (Wildman–Crippen LogP) is 1.82. The van der Waals surface area contributed by atoms with Crippen LogP contribution < -0.4 is 0 Å². The van der Waals surface area contributed by atoms with Crippen molar-refractivity contribution in [2.24, 2.45) is 0 Å². The molecule has 0 aliphatic rings. The summed E-state index contributed by atoms with van der Waals surface area (Å²) in [5.74, 6) is -0.405. The lowest BCUT2D eigenvalue weighted by molar-refractivity contribution is 0.570. The molecule has 0 saturated heterocycles. The highest BCUT2D eigenvalue weighted by atomic mass is 79.9. The van der Waals surface area contributed by atoms with Gasteiger partial charge in [-0.25, -0.2) is 19.6 Å².